The van der Waals surface area contributed by atoms with Crippen molar-refractivity contribution in [1.82, 2.24) is 15.2 Å². The van der Waals surface area contributed by atoms with Gasteiger partial charge in [-0.15, -0.1) is 0 Å². The van der Waals surface area contributed by atoms with Gasteiger partial charge in [-0.25, -0.2) is 0 Å². The van der Waals surface area contributed by atoms with E-state index in [4.69, 9.17) is 4.74 Å². The summed E-state index contributed by atoms with van der Waals surface area (Å²) >= 11 is 0. The number of nitrogens with one attached hydrogen (secondary N) is 2. The molecule has 0 spiro atoms. The third-order valence-corrected chi connectivity index (χ3v) is 5.64. The highest BCUT2D eigenvalue weighted by atomic mass is 16.5. The molecule has 1 saturated heterocycles. The largest absolute Gasteiger partial charge is 0.496 e. The van der Waals surface area contributed by atoms with Gasteiger partial charge >= 0.3 is 0 Å². The summed E-state index contributed by atoms with van der Waals surface area (Å²) in [6.07, 6.45) is 2.94. The van der Waals surface area contributed by atoms with E-state index in [0.29, 0.717) is 35.9 Å². The zero-order chi connectivity index (χ0) is 22.5. The van der Waals surface area contributed by atoms with Crippen molar-refractivity contribution in [3.8, 4) is 11.8 Å². The van der Waals surface area contributed by atoms with Gasteiger partial charge in [0.25, 0.3) is 5.56 Å². The van der Waals surface area contributed by atoms with Gasteiger partial charge < -0.3 is 19.9 Å². The van der Waals surface area contributed by atoms with Crippen LogP contribution >= 0.6 is 0 Å². The van der Waals surface area contributed by atoms with Crippen molar-refractivity contribution in [1.29, 1.82) is 5.26 Å². The molecule has 0 aliphatic carbocycles. The molecule has 0 radical (unpaired) electrons. The van der Waals surface area contributed by atoms with E-state index in [1.807, 2.05) is 13.8 Å². The molecular weight excluding hydrogens is 396 g/mol. The van der Waals surface area contributed by atoms with Crippen molar-refractivity contribution in [2.24, 2.45) is 11.8 Å². The van der Waals surface area contributed by atoms with Gasteiger partial charge in [-0.3, -0.25) is 14.4 Å². The van der Waals surface area contributed by atoms with Crippen molar-refractivity contribution in [2.75, 3.05) is 13.7 Å². The summed E-state index contributed by atoms with van der Waals surface area (Å²) in [7, 11) is 1.54. The monoisotopic (exact) mass is 424 g/mol. The highest BCUT2D eigenvalue weighted by Crippen LogP contribution is 2.25. The Kier molecular flexibility index (Phi) is 6.95. The van der Waals surface area contributed by atoms with Crippen LogP contribution in [0.2, 0.25) is 0 Å². The fourth-order valence-corrected chi connectivity index (χ4v) is 4.05. The first-order valence-corrected chi connectivity index (χ1v) is 10.5. The fraction of sp³-hybridized carbons (Fsp3) is 0.478. The second kappa shape index (κ2) is 9.65. The number of aromatic nitrogens is 1. The predicted octanol–water partition coefficient (Wildman–Crippen LogP) is 2.13. The van der Waals surface area contributed by atoms with E-state index in [2.05, 4.69) is 16.7 Å². The van der Waals surface area contributed by atoms with Crippen LogP contribution in [-0.2, 0) is 9.59 Å². The standard InChI is InChI=1S/C23H28N4O4/c1-14(2)11-19(22(29)26-16(13-24)12-15-7-9-25-21(15)28)27-10-8-17-18(23(27)30)5-4-6-20(17)31-3/h4-6,8,10,14-16,19H,7,9,11-12H2,1-3H3,(H,25,28)(H,26,29)/t15-,16?,19?/m0/s1. The molecule has 1 aromatic carbocycles. The predicted molar refractivity (Wildman–Crippen MR) is 117 cm³/mol. The smallest absolute Gasteiger partial charge is 0.259 e. The molecular formula is C23H28N4O4. The molecule has 0 bridgehead atoms. The number of benzene rings is 1. The van der Waals surface area contributed by atoms with Gasteiger partial charge in [0.05, 0.1) is 18.6 Å². The van der Waals surface area contributed by atoms with E-state index in [1.54, 1.807) is 37.6 Å². The molecule has 8 heteroatoms. The molecule has 1 fully saturated rings. The van der Waals surface area contributed by atoms with Crippen molar-refractivity contribution in [3.63, 3.8) is 0 Å². The Morgan fingerprint density at radius 3 is 2.71 bits per heavy atom. The molecule has 3 rings (SSSR count). The summed E-state index contributed by atoms with van der Waals surface area (Å²) in [5, 5.41) is 16.2. The third-order valence-electron chi connectivity index (χ3n) is 5.64. The summed E-state index contributed by atoms with van der Waals surface area (Å²) in [4.78, 5) is 38.2. The lowest BCUT2D eigenvalue weighted by Gasteiger charge is -2.24. The first-order valence-electron chi connectivity index (χ1n) is 10.5. The van der Waals surface area contributed by atoms with Crippen LogP contribution in [0, 0.1) is 23.2 Å². The number of pyridine rings is 1. The van der Waals surface area contributed by atoms with E-state index < -0.39 is 18.0 Å². The molecule has 0 saturated carbocycles. The molecule has 2 aromatic rings. The Labute approximate surface area is 181 Å². The van der Waals surface area contributed by atoms with Crippen LogP contribution in [0.25, 0.3) is 10.8 Å². The van der Waals surface area contributed by atoms with Crippen LogP contribution in [0.5, 0.6) is 5.75 Å². The van der Waals surface area contributed by atoms with Crippen LogP contribution in [0.1, 0.15) is 39.2 Å². The lowest BCUT2D eigenvalue weighted by molar-refractivity contribution is -0.126. The molecule has 2 N–H and O–H groups in total. The van der Waals surface area contributed by atoms with Crippen molar-refractivity contribution in [2.45, 2.75) is 45.2 Å². The minimum Gasteiger partial charge on any atom is -0.496 e. The van der Waals surface area contributed by atoms with E-state index in [1.165, 1.54) is 4.57 Å². The number of rotatable bonds is 8. The molecule has 2 amide bonds. The van der Waals surface area contributed by atoms with Crippen molar-refractivity contribution >= 4 is 22.6 Å². The number of nitriles is 1. The molecule has 164 valence electrons. The number of methoxy groups -OCH3 is 1. The summed E-state index contributed by atoms with van der Waals surface area (Å²) < 4.78 is 6.76. The third kappa shape index (κ3) is 4.88. The summed E-state index contributed by atoms with van der Waals surface area (Å²) in [6, 6.07) is 7.51. The second-order valence-corrected chi connectivity index (χ2v) is 8.30. The van der Waals surface area contributed by atoms with Crippen LogP contribution in [0.3, 0.4) is 0 Å². The minimum atomic E-state index is -0.799. The SMILES string of the molecule is COc1cccc2c(=O)n(C(CC(C)C)C(=O)NC(C#N)C[C@@H]3CCNC3=O)ccc12. The highest BCUT2D eigenvalue weighted by Gasteiger charge is 2.30. The zero-order valence-electron chi connectivity index (χ0n) is 18.1. The van der Waals surface area contributed by atoms with Gasteiger partial charge in [0.15, 0.2) is 0 Å². The number of carbonyl (C=O) groups excluding carboxylic acids is 2. The van der Waals surface area contributed by atoms with E-state index in [-0.39, 0.29) is 29.7 Å². The first-order chi connectivity index (χ1) is 14.8. The van der Waals surface area contributed by atoms with E-state index in [9.17, 15) is 19.6 Å². The lowest BCUT2D eigenvalue weighted by Crippen LogP contribution is -2.43. The Morgan fingerprint density at radius 1 is 1.32 bits per heavy atom. The van der Waals surface area contributed by atoms with Gasteiger partial charge in [0.1, 0.15) is 17.8 Å². The molecule has 1 aromatic heterocycles. The van der Waals surface area contributed by atoms with Crippen LogP contribution in [0.15, 0.2) is 35.3 Å². The number of carbonyl (C=O) groups is 2. The normalized spacial score (nSPS) is 17.8. The number of ether oxygens (including phenoxy) is 1. The lowest BCUT2D eigenvalue weighted by atomic mass is 9.98. The van der Waals surface area contributed by atoms with Gasteiger partial charge in [0.2, 0.25) is 11.8 Å². The molecule has 2 heterocycles. The fourth-order valence-electron chi connectivity index (χ4n) is 4.05. The zero-order valence-corrected chi connectivity index (χ0v) is 18.1. The summed E-state index contributed by atoms with van der Waals surface area (Å²) in [6.45, 7) is 4.53. The Morgan fingerprint density at radius 2 is 2.10 bits per heavy atom. The second-order valence-electron chi connectivity index (χ2n) is 8.30. The van der Waals surface area contributed by atoms with Gasteiger partial charge in [0, 0.05) is 24.0 Å². The molecule has 1 aliphatic rings. The van der Waals surface area contributed by atoms with Crippen molar-refractivity contribution < 1.29 is 14.3 Å². The van der Waals surface area contributed by atoms with E-state index in [0.717, 1.165) is 0 Å². The number of fused-ring (bicyclic) bond motifs is 1. The summed E-state index contributed by atoms with van der Waals surface area (Å²) in [5.74, 6) is -0.0453. The maximum Gasteiger partial charge on any atom is 0.259 e. The number of hydrogen-bond donors (Lipinski definition) is 2. The van der Waals surface area contributed by atoms with Crippen molar-refractivity contribution in [3.05, 3.63) is 40.8 Å². The van der Waals surface area contributed by atoms with Gasteiger partial charge in [-0.2, -0.15) is 5.26 Å². The average molecular weight is 425 g/mol. The topological polar surface area (TPSA) is 113 Å². The van der Waals surface area contributed by atoms with Crippen LogP contribution < -0.4 is 20.9 Å². The molecule has 3 atom stereocenters. The number of nitrogens with zero attached hydrogens (tertiary/aromatic N) is 2. The Balaban J connectivity index is 1.90. The van der Waals surface area contributed by atoms with Crippen LogP contribution in [-0.4, -0.2) is 36.1 Å². The molecule has 31 heavy (non-hydrogen) atoms. The van der Waals surface area contributed by atoms with Crippen LogP contribution in [0.4, 0.5) is 0 Å². The van der Waals surface area contributed by atoms with E-state index >= 15 is 0 Å². The highest BCUT2D eigenvalue weighted by molar-refractivity contribution is 5.88. The van der Waals surface area contributed by atoms with Gasteiger partial charge in [-0.1, -0.05) is 19.9 Å². The molecule has 8 nitrogen and oxygen atoms in total. The summed E-state index contributed by atoms with van der Waals surface area (Å²) in [5.41, 5.74) is -0.291. The Hall–Kier alpha value is -3.34. The quantitative estimate of drug-likeness (QED) is 0.674. The number of hydrogen-bond acceptors (Lipinski definition) is 5. The molecule has 2 unspecified atom stereocenters. The maximum absolute atomic E-state index is 13.2. The average Bonchev–Trinajstić information content (AvgIpc) is 3.15. The first kappa shape index (κ1) is 22.3. The molecule has 1 aliphatic heterocycles. The maximum atomic E-state index is 13.2. The number of amides is 2. The minimum absolute atomic E-state index is 0.0899. The Bertz CT molecular complexity index is 1070. The van der Waals surface area contributed by atoms with Gasteiger partial charge in [-0.05, 0) is 43.4 Å².